The molecule has 1 saturated heterocycles. The molecule has 1 aliphatic heterocycles. The highest BCUT2D eigenvalue weighted by Crippen LogP contribution is 2.39. The summed E-state index contributed by atoms with van der Waals surface area (Å²) >= 11 is 0. The van der Waals surface area contributed by atoms with E-state index in [-0.39, 0.29) is 13.0 Å². The normalized spacial score (nSPS) is 21.8. The van der Waals surface area contributed by atoms with Crippen LogP contribution in [0.15, 0.2) is 0 Å². The summed E-state index contributed by atoms with van der Waals surface area (Å²) in [6.07, 6.45) is -5.83. The predicted molar refractivity (Wildman–Crippen MR) is 45.3 cm³/mol. The number of alkyl halides is 3. The summed E-state index contributed by atoms with van der Waals surface area (Å²) < 4.78 is 46.3. The second-order valence-electron chi connectivity index (χ2n) is 3.97. The zero-order chi connectivity index (χ0) is 12.6. The average Bonchev–Trinajstić information content (AvgIpc) is 2.49. The van der Waals surface area contributed by atoms with Crippen molar-refractivity contribution in [3.63, 3.8) is 0 Å². The summed E-state index contributed by atoms with van der Waals surface area (Å²) in [6.45, 7) is 1.47. The Kier molecular flexibility index (Phi) is 3.16. The van der Waals surface area contributed by atoms with E-state index in [0.29, 0.717) is 13.8 Å². The first-order valence-corrected chi connectivity index (χ1v) is 4.60. The maximum absolute atomic E-state index is 12.4. The van der Waals surface area contributed by atoms with Crippen LogP contribution in [0.4, 0.5) is 13.2 Å². The Labute approximate surface area is 89.7 Å². The first-order valence-electron chi connectivity index (χ1n) is 4.60. The highest BCUT2D eigenvalue weighted by atomic mass is 19.4. The predicted octanol–water partition coefficient (Wildman–Crippen LogP) is 1.43. The van der Waals surface area contributed by atoms with Gasteiger partial charge in [0.25, 0.3) is 0 Å². The Hall–Kier alpha value is -1.27. The molecule has 0 bridgehead atoms. The van der Waals surface area contributed by atoms with Gasteiger partial charge in [-0.25, -0.2) is 4.79 Å². The van der Waals surface area contributed by atoms with E-state index in [4.69, 9.17) is 0 Å². The Bertz CT molecular complexity index is 308. The molecule has 1 fully saturated rings. The van der Waals surface area contributed by atoms with E-state index >= 15 is 0 Å². The van der Waals surface area contributed by atoms with Crippen molar-refractivity contribution in [1.29, 1.82) is 0 Å². The van der Waals surface area contributed by atoms with E-state index in [2.05, 4.69) is 9.47 Å². The van der Waals surface area contributed by atoms with Crippen LogP contribution in [-0.2, 0) is 19.1 Å². The monoisotopic (exact) mass is 240 g/mol. The van der Waals surface area contributed by atoms with Gasteiger partial charge in [-0.2, -0.15) is 13.2 Å². The van der Waals surface area contributed by atoms with Crippen LogP contribution in [0.2, 0.25) is 0 Å². The van der Waals surface area contributed by atoms with Gasteiger partial charge >= 0.3 is 18.1 Å². The van der Waals surface area contributed by atoms with Crippen LogP contribution in [0.1, 0.15) is 20.3 Å². The second-order valence-corrected chi connectivity index (χ2v) is 3.97. The maximum atomic E-state index is 12.4. The molecule has 7 heteroatoms. The molecular weight excluding hydrogens is 229 g/mol. The topological polar surface area (TPSA) is 52.6 Å². The van der Waals surface area contributed by atoms with Crippen LogP contribution < -0.4 is 0 Å². The molecule has 16 heavy (non-hydrogen) atoms. The SMILES string of the molecule is CC(C)(C(=O)OC1CCOC1=O)C(F)(F)F. The van der Waals surface area contributed by atoms with Crippen LogP contribution in [-0.4, -0.2) is 30.8 Å². The summed E-state index contributed by atoms with van der Waals surface area (Å²) in [7, 11) is 0. The van der Waals surface area contributed by atoms with E-state index in [1.807, 2.05) is 0 Å². The van der Waals surface area contributed by atoms with Crippen molar-refractivity contribution in [3.05, 3.63) is 0 Å². The minimum absolute atomic E-state index is 0.0588. The van der Waals surface area contributed by atoms with Crippen molar-refractivity contribution in [3.8, 4) is 0 Å². The molecule has 0 radical (unpaired) electrons. The van der Waals surface area contributed by atoms with Crippen molar-refractivity contribution < 1.29 is 32.2 Å². The van der Waals surface area contributed by atoms with Gasteiger partial charge in [0.15, 0.2) is 5.41 Å². The minimum Gasteiger partial charge on any atom is -0.463 e. The summed E-state index contributed by atoms with van der Waals surface area (Å²) in [5.41, 5.74) is -2.63. The Morgan fingerprint density at radius 2 is 2.00 bits per heavy atom. The summed E-state index contributed by atoms with van der Waals surface area (Å²) in [6, 6.07) is 0. The fourth-order valence-corrected chi connectivity index (χ4v) is 0.977. The molecule has 4 nitrogen and oxygen atoms in total. The number of ether oxygens (including phenoxy) is 2. The first-order chi connectivity index (χ1) is 7.16. The van der Waals surface area contributed by atoms with Gasteiger partial charge in [0.1, 0.15) is 0 Å². The van der Waals surface area contributed by atoms with Gasteiger partial charge in [-0.05, 0) is 13.8 Å². The first kappa shape index (κ1) is 12.8. The second kappa shape index (κ2) is 3.95. The smallest absolute Gasteiger partial charge is 0.404 e. The number of halogens is 3. The molecule has 0 spiro atoms. The molecule has 1 heterocycles. The third-order valence-electron chi connectivity index (χ3n) is 2.36. The number of carbonyl (C=O) groups excluding carboxylic acids is 2. The highest BCUT2D eigenvalue weighted by Gasteiger charge is 2.55. The molecule has 0 aliphatic carbocycles. The molecule has 1 aliphatic rings. The summed E-state index contributed by atoms with van der Waals surface area (Å²) in [4.78, 5) is 22.2. The summed E-state index contributed by atoms with van der Waals surface area (Å²) in [5.74, 6) is -2.27. The fourth-order valence-electron chi connectivity index (χ4n) is 0.977. The van der Waals surface area contributed by atoms with Crippen molar-refractivity contribution in [2.24, 2.45) is 5.41 Å². The number of esters is 2. The van der Waals surface area contributed by atoms with Gasteiger partial charge in [0, 0.05) is 6.42 Å². The lowest BCUT2D eigenvalue weighted by atomic mass is 9.93. The van der Waals surface area contributed by atoms with Crippen molar-refractivity contribution in [1.82, 2.24) is 0 Å². The molecular formula is C9H11F3O4. The highest BCUT2D eigenvalue weighted by molar-refractivity contribution is 5.83. The molecule has 0 N–H and O–H groups in total. The molecule has 92 valence electrons. The molecule has 1 rings (SSSR count). The standard InChI is InChI=1S/C9H11F3O4/c1-8(2,9(10,11)12)7(14)16-5-3-4-15-6(5)13/h5H,3-4H2,1-2H3. The van der Waals surface area contributed by atoms with E-state index in [1.54, 1.807) is 0 Å². The zero-order valence-corrected chi connectivity index (χ0v) is 8.76. The van der Waals surface area contributed by atoms with Crippen molar-refractivity contribution in [2.75, 3.05) is 6.61 Å². The maximum Gasteiger partial charge on any atom is 0.404 e. The average molecular weight is 240 g/mol. The van der Waals surface area contributed by atoms with Crippen LogP contribution in [0.5, 0.6) is 0 Å². The Morgan fingerprint density at radius 3 is 2.38 bits per heavy atom. The lowest BCUT2D eigenvalue weighted by Gasteiger charge is -2.26. The summed E-state index contributed by atoms with van der Waals surface area (Å²) in [5, 5.41) is 0. The number of hydrogen-bond donors (Lipinski definition) is 0. The van der Waals surface area contributed by atoms with Crippen LogP contribution in [0.3, 0.4) is 0 Å². The van der Waals surface area contributed by atoms with Crippen LogP contribution in [0, 0.1) is 5.41 Å². The molecule has 0 aromatic heterocycles. The fraction of sp³-hybridized carbons (Fsp3) is 0.778. The lowest BCUT2D eigenvalue weighted by molar-refractivity contribution is -0.227. The van der Waals surface area contributed by atoms with Crippen LogP contribution in [0.25, 0.3) is 0 Å². The third kappa shape index (κ3) is 2.28. The molecule has 1 unspecified atom stereocenters. The van der Waals surface area contributed by atoms with Gasteiger partial charge in [-0.3, -0.25) is 4.79 Å². The van der Waals surface area contributed by atoms with Gasteiger partial charge in [0.05, 0.1) is 6.61 Å². The Morgan fingerprint density at radius 1 is 1.44 bits per heavy atom. The molecule has 0 aromatic carbocycles. The number of rotatable bonds is 2. The number of carbonyl (C=O) groups is 2. The van der Waals surface area contributed by atoms with Crippen molar-refractivity contribution in [2.45, 2.75) is 32.5 Å². The quantitative estimate of drug-likeness (QED) is 0.685. The Balaban J connectivity index is 2.68. The van der Waals surface area contributed by atoms with E-state index in [1.165, 1.54) is 0 Å². The molecule has 0 saturated carbocycles. The number of cyclic esters (lactones) is 1. The van der Waals surface area contributed by atoms with Gasteiger partial charge in [-0.1, -0.05) is 0 Å². The van der Waals surface area contributed by atoms with Gasteiger partial charge in [0.2, 0.25) is 6.10 Å². The minimum atomic E-state index is -4.72. The van der Waals surface area contributed by atoms with Gasteiger partial charge < -0.3 is 9.47 Å². The van der Waals surface area contributed by atoms with Gasteiger partial charge in [-0.15, -0.1) is 0 Å². The lowest BCUT2D eigenvalue weighted by Crippen LogP contribution is -2.43. The molecule has 1 atom stereocenters. The zero-order valence-electron chi connectivity index (χ0n) is 8.76. The third-order valence-corrected chi connectivity index (χ3v) is 2.36. The molecule has 0 amide bonds. The van der Waals surface area contributed by atoms with E-state index in [9.17, 15) is 22.8 Å². The van der Waals surface area contributed by atoms with Crippen molar-refractivity contribution >= 4 is 11.9 Å². The molecule has 0 aromatic rings. The number of hydrogen-bond acceptors (Lipinski definition) is 4. The van der Waals surface area contributed by atoms with E-state index in [0.717, 1.165) is 0 Å². The van der Waals surface area contributed by atoms with Crippen LogP contribution >= 0.6 is 0 Å². The van der Waals surface area contributed by atoms with E-state index < -0.39 is 29.6 Å². The largest absolute Gasteiger partial charge is 0.463 e.